The van der Waals surface area contributed by atoms with Crippen LogP contribution in [0.2, 0.25) is 0 Å². The molecule has 0 spiro atoms. The van der Waals surface area contributed by atoms with Gasteiger partial charge in [0.1, 0.15) is 0 Å². The lowest BCUT2D eigenvalue weighted by molar-refractivity contribution is -0.117. The first-order chi connectivity index (χ1) is 15.6. The average Bonchev–Trinajstić information content (AvgIpc) is 3.46. The van der Waals surface area contributed by atoms with Crippen molar-refractivity contribution in [2.75, 3.05) is 0 Å². The van der Waals surface area contributed by atoms with E-state index in [1.54, 1.807) is 17.8 Å². The first-order valence-electron chi connectivity index (χ1n) is 11.0. The predicted octanol–water partition coefficient (Wildman–Crippen LogP) is 4.65. The van der Waals surface area contributed by atoms with Crippen molar-refractivity contribution < 1.29 is 4.79 Å². The van der Waals surface area contributed by atoms with Crippen molar-refractivity contribution in [1.82, 2.24) is 24.4 Å². The van der Waals surface area contributed by atoms with Crippen LogP contribution in [0.3, 0.4) is 0 Å². The molecule has 0 aliphatic heterocycles. The van der Waals surface area contributed by atoms with Gasteiger partial charge in [-0.1, -0.05) is 24.3 Å². The molecule has 32 heavy (non-hydrogen) atoms. The Labute approximate surface area is 186 Å². The summed E-state index contributed by atoms with van der Waals surface area (Å²) < 4.78 is 3.57. The van der Waals surface area contributed by atoms with Gasteiger partial charge < -0.3 is 0 Å². The number of nitrogens with zero attached hydrogens (tertiary/aromatic N) is 6. The molecule has 0 N–H and O–H groups in total. The summed E-state index contributed by atoms with van der Waals surface area (Å²) in [6.45, 7) is 1.84. The highest BCUT2D eigenvalue weighted by atomic mass is 16.1. The molecule has 7 heteroatoms. The third kappa shape index (κ3) is 3.80. The highest BCUT2D eigenvalue weighted by Gasteiger charge is 2.26. The number of carbonyl (C=O) groups is 1. The number of carbonyl (C=O) groups excluding carboxylic acids is 1. The number of nitriles is 1. The maximum Gasteiger partial charge on any atom is 0.151 e. The SMILES string of the molecule is CC(=O)Cn1cc(-c2ccc(-c3cnn4ccnc(C5CCC(C#N)CC5)c34)cc2)cn1. The highest BCUT2D eigenvalue weighted by molar-refractivity contribution is 5.83. The van der Waals surface area contributed by atoms with Crippen LogP contribution < -0.4 is 0 Å². The summed E-state index contributed by atoms with van der Waals surface area (Å²) >= 11 is 0. The van der Waals surface area contributed by atoms with E-state index in [0.29, 0.717) is 5.92 Å². The van der Waals surface area contributed by atoms with Crippen LogP contribution in [0.25, 0.3) is 27.8 Å². The van der Waals surface area contributed by atoms with Gasteiger partial charge in [-0.15, -0.1) is 0 Å². The minimum atomic E-state index is 0.0774. The van der Waals surface area contributed by atoms with E-state index in [1.807, 2.05) is 29.3 Å². The highest BCUT2D eigenvalue weighted by Crippen LogP contribution is 2.38. The molecule has 0 atom stereocenters. The van der Waals surface area contributed by atoms with Crippen molar-refractivity contribution in [3.05, 3.63) is 60.9 Å². The molecule has 7 nitrogen and oxygen atoms in total. The van der Waals surface area contributed by atoms with Gasteiger partial charge in [-0.25, -0.2) is 4.52 Å². The number of ketones is 1. The second-order valence-electron chi connectivity index (χ2n) is 8.55. The maximum atomic E-state index is 11.3. The Balaban J connectivity index is 1.46. The Morgan fingerprint density at radius 3 is 2.53 bits per heavy atom. The zero-order valence-corrected chi connectivity index (χ0v) is 18.0. The van der Waals surface area contributed by atoms with Gasteiger partial charge in [0, 0.05) is 41.6 Å². The molecule has 1 aliphatic rings. The van der Waals surface area contributed by atoms with Gasteiger partial charge in [0.25, 0.3) is 0 Å². The van der Waals surface area contributed by atoms with Crippen LogP contribution in [0.15, 0.2) is 55.2 Å². The number of hydrogen-bond donors (Lipinski definition) is 0. The quantitative estimate of drug-likeness (QED) is 0.465. The largest absolute Gasteiger partial charge is 0.298 e. The van der Waals surface area contributed by atoms with E-state index >= 15 is 0 Å². The van der Waals surface area contributed by atoms with Crippen LogP contribution in [-0.2, 0) is 11.3 Å². The summed E-state index contributed by atoms with van der Waals surface area (Å²) in [5, 5.41) is 18.1. The van der Waals surface area contributed by atoms with E-state index in [2.05, 4.69) is 40.5 Å². The fourth-order valence-electron chi connectivity index (χ4n) is 4.64. The molecule has 1 saturated carbocycles. The number of hydrogen-bond acceptors (Lipinski definition) is 5. The van der Waals surface area contributed by atoms with Crippen molar-refractivity contribution in [2.24, 2.45) is 5.92 Å². The van der Waals surface area contributed by atoms with Crippen LogP contribution >= 0.6 is 0 Å². The van der Waals surface area contributed by atoms with Crippen molar-refractivity contribution in [2.45, 2.75) is 45.1 Å². The molecule has 0 unspecified atom stereocenters. The summed E-state index contributed by atoms with van der Waals surface area (Å²) in [5.41, 5.74) is 6.30. The summed E-state index contributed by atoms with van der Waals surface area (Å²) in [6.07, 6.45) is 13.1. The van der Waals surface area contributed by atoms with Crippen LogP contribution in [0.5, 0.6) is 0 Å². The standard InChI is InChI=1S/C25H24N6O/c1-17(32)15-30-16-22(13-28-30)19-6-8-20(9-7-19)23-14-29-31-11-10-27-24(25(23)31)21-4-2-18(12-26)3-5-21/h6-11,13-14,16,18,21H,2-5,15H2,1H3. The van der Waals surface area contributed by atoms with Gasteiger partial charge in [-0.05, 0) is 43.7 Å². The summed E-state index contributed by atoms with van der Waals surface area (Å²) in [5.74, 6) is 0.599. The first-order valence-corrected chi connectivity index (χ1v) is 11.0. The lowest BCUT2D eigenvalue weighted by atomic mass is 9.80. The molecule has 4 aromatic rings. The Kier molecular flexibility index (Phi) is 5.28. The van der Waals surface area contributed by atoms with Gasteiger partial charge in [-0.2, -0.15) is 15.5 Å². The zero-order chi connectivity index (χ0) is 22.1. The maximum absolute atomic E-state index is 11.3. The molecule has 3 aromatic heterocycles. The fraction of sp³-hybridized carbons (Fsp3) is 0.320. The third-order valence-corrected chi connectivity index (χ3v) is 6.30. The van der Waals surface area contributed by atoms with Gasteiger partial charge in [0.05, 0.1) is 36.2 Å². The molecule has 0 bridgehead atoms. The fourth-order valence-corrected chi connectivity index (χ4v) is 4.64. The van der Waals surface area contributed by atoms with E-state index in [1.165, 1.54) is 0 Å². The van der Waals surface area contributed by atoms with Crippen LogP contribution in [0.1, 0.15) is 44.2 Å². The van der Waals surface area contributed by atoms with Crippen molar-refractivity contribution in [3.63, 3.8) is 0 Å². The van der Waals surface area contributed by atoms with Crippen molar-refractivity contribution >= 4 is 11.3 Å². The average molecular weight is 425 g/mol. The van der Waals surface area contributed by atoms with Crippen LogP contribution in [-0.4, -0.2) is 30.2 Å². The zero-order valence-electron chi connectivity index (χ0n) is 18.0. The predicted molar refractivity (Wildman–Crippen MR) is 121 cm³/mol. The molecule has 0 saturated heterocycles. The molecule has 5 rings (SSSR count). The lowest BCUT2D eigenvalue weighted by Gasteiger charge is -2.24. The Morgan fingerprint density at radius 1 is 1.06 bits per heavy atom. The van der Waals surface area contributed by atoms with Crippen molar-refractivity contribution in [3.8, 4) is 28.3 Å². The van der Waals surface area contributed by atoms with E-state index in [0.717, 1.165) is 59.1 Å². The molecule has 0 amide bonds. The van der Waals surface area contributed by atoms with E-state index in [9.17, 15) is 10.1 Å². The van der Waals surface area contributed by atoms with Gasteiger partial charge in [0.2, 0.25) is 0 Å². The summed E-state index contributed by atoms with van der Waals surface area (Å²) in [7, 11) is 0. The number of rotatable bonds is 5. The number of Topliss-reactive ketones (excluding diaryl/α,β-unsaturated/α-hetero) is 1. The molecule has 1 fully saturated rings. The summed E-state index contributed by atoms with van der Waals surface area (Å²) in [4.78, 5) is 16.1. The molecule has 1 aromatic carbocycles. The van der Waals surface area contributed by atoms with Gasteiger partial charge in [-0.3, -0.25) is 14.5 Å². The monoisotopic (exact) mass is 424 g/mol. The second-order valence-corrected chi connectivity index (χ2v) is 8.55. The minimum Gasteiger partial charge on any atom is -0.298 e. The van der Waals surface area contributed by atoms with E-state index < -0.39 is 0 Å². The Hall–Kier alpha value is -3.79. The molecule has 160 valence electrons. The second kappa shape index (κ2) is 8.39. The molecule has 1 aliphatic carbocycles. The Morgan fingerprint density at radius 2 is 1.81 bits per heavy atom. The van der Waals surface area contributed by atoms with Crippen molar-refractivity contribution in [1.29, 1.82) is 5.26 Å². The molecule has 0 radical (unpaired) electrons. The number of benzene rings is 1. The van der Waals surface area contributed by atoms with E-state index in [4.69, 9.17) is 4.98 Å². The molecular weight excluding hydrogens is 400 g/mol. The number of fused-ring (bicyclic) bond motifs is 1. The summed E-state index contributed by atoms with van der Waals surface area (Å²) in [6, 6.07) is 10.7. The normalized spacial score (nSPS) is 18.5. The minimum absolute atomic E-state index is 0.0774. The Bertz CT molecular complexity index is 1300. The van der Waals surface area contributed by atoms with E-state index in [-0.39, 0.29) is 18.2 Å². The number of aromatic nitrogens is 5. The lowest BCUT2D eigenvalue weighted by Crippen LogP contribution is -2.14. The van der Waals surface area contributed by atoms with Crippen LogP contribution in [0, 0.1) is 17.2 Å². The smallest absolute Gasteiger partial charge is 0.151 e. The van der Waals surface area contributed by atoms with Crippen LogP contribution in [0.4, 0.5) is 0 Å². The topological polar surface area (TPSA) is 88.9 Å². The molecule has 3 heterocycles. The first kappa shape index (κ1) is 20.1. The van der Waals surface area contributed by atoms with Gasteiger partial charge in [0.15, 0.2) is 5.78 Å². The third-order valence-electron chi connectivity index (χ3n) is 6.30. The van der Waals surface area contributed by atoms with Gasteiger partial charge >= 0.3 is 0 Å². The molecular formula is C25H24N6O.